The normalized spacial score (nSPS) is 10.8. The first-order valence-electron chi connectivity index (χ1n) is 4.89. The molecule has 0 amide bonds. The van der Waals surface area contributed by atoms with Gasteiger partial charge in [0.1, 0.15) is 10.9 Å². The highest BCUT2D eigenvalue weighted by molar-refractivity contribution is 6.35. The molecule has 0 fully saturated rings. The number of carbonyl (C=O) groups is 1. The molecule has 0 N–H and O–H groups in total. The average molecular weight is 238 g/mol. The van der Waals surface area contributed by atoms with Gasteiger partial charge in [-0.2, -0.15) is 0 Å². The Balaban J connectivity index is 2.95. The van der Waals surface area contributed by atoms with E-state index in [-0.39, 0.29) is 5.78 Å². The quantitative estimate of drug-likeness (QED) is 0.752. The lowest BCUT2D eigenvalue weighted by Crippen LogP contribution is -1.93. The zero-order valence-corrected chi connectivity index (χ0v) is 10.1. The molecular formula is C12H12ClNO2. The van der Waals surface area contributed by atoms with Gasteiger partial charge in [0.15, 0.2) is 5.78 Å². The van der Waals surface area contributed by atoms with Gasteiger partial charge < -0.3 is 9.30 Å². The van der Waals surface area contributed by atoms with Crippen molar-refractivity contribution in [2.45, 2.75) is 6.92 Å². The number of aryl methyl sites for hydroxylation is 1. The molecule has 0 aliphatic rings. The number of rotatable bonds is 2. The summed E-state index contributed by atoms with van der Waals surface area (Å²) in [6.07, 6.45) is 0. The molecular weight excluding hydrogens is 226 g/mol. The number of aromatic nitrogens is 1. The number of para-hydroxylation sites is 1. The van der Waals surface area contributed by atoms with E-state index in [9.17, 15) is 4.79 Å². The molecule has 0 unspecified atom stereocenters. The fourth-order valence-corrected chi connectivity index (χ4v) is 2.27. The van der Waals surface area contributed by atoms with Crippen LogP contribution >= 0.6 is 11.6 Å². The molecule has 0 aliphatic carbocycles. The van der Waals surface area contributed by atoms with Crippen LogP contribution in [0.4, 0.5) is 0 Å². The maximum absolute atomic E-state index is 11.6. The molecule has 0 saturated heterocycles. The van der Waals surface area contributed by atoms with E-state index in [1.165, 1.54) is 6.92 Å². The Labute approximate surface area is 98.6 Å². The van der Waals surface area contributed by atoms with Crippen LogP contribution in [-0.4, -0.2) is 17.5 Å². The second-order valence-corrected chi connectivity index (χ2v) is 4.00. The lowest BCUT2D eigenvalue weighted by atomic mass is 10.1. The van der Waals surface area contributed by atoms with E-state index >= 15 is 0 Å². The Hall–Kier alpha value is -1.48. The maximum Gasteiger partial charge on any atom is 0.163 e. The van der Waals surface area contributed by atoms with Gasteiger partial charge in [-0.3, -0.25) is 4.79 Å². The predicted molar refractivity (Wildman–Crippen MR) is 64.5 cm³/mol. The largest absolute Gasteiger partial charge is 0.495 e. The van der Waals surface area contributed by atoms with E-state index in [1.54, 1.807) is 11.7 Å². The van der Waals surface area contributed by atoms with Gasteiger partial charge in [-0.05, 0) is 13.0 Å². The minimum absolute atomic E-state index is 0.0381. The zero-order valence-electron chi connectivity index (χ0n) is 9.37. The highest BCUT2D eigenvalue weighted by atomic mass is 35.5. The molecule has 0 bridgehead atoms. The summed E-state index contributed by atoms with van der Waals surface area (Å²) in [5, 5.41) is 1.28. The summed E-state index contributed by atoms with van der Waals surface area (Å²) in [7, 11) is 3.42. The van der Waals surface area contributed by atoms with Gasteiger partial charge in [-0.15, -0.1) is 0 Å². The van der Waals surface area contributed by atoms with Crippen molar-refractivity contribution in [2.24, 2.45) is 7.05 Å². The number of carbonyl (C=O) groups excluding carboxylic acids is 1. The molecule has 1 aromatic heterocycles. The highest BCUT2D eigenvalue weighted by Crippen LogP contribution is 2.34. The molecule has 16 heavy (non-hydrogen) atoms. The molecule has 0 saturated carbocycles. The van der Waals surface area contributed by atoms with Gasteiger partial charge in [0.05, 0.1) is 18.2 Å². The standard InChI is InChI=1S/C12H12ClNO2/c1-7(15)10-8-5-4-6-9(16-3)11(8)14(2)12(10)13/h4-6H,1-3H3. The van der Waals surface area contributed by atoms with Crippen LogP contribution < -0.4 is 4.74 Å². The number of halogens is 1. The number of hydrogen-bond acceptors (Lipinski definition) is 2. The summed E-state index contributed by atoms with van der Waals surface area (Å²) in [6.45, 7) is 1.51. The lowest BCUT2D eigenvalue weighted by Gasteiger charge is -2.03. The van der Waals surface area contributed by atoms with Crippen molar-refractivity contribution in [3.8, 4) is 5.75 Å². The maximum atomic E-state index is 11.6. The Morgan fingerprint density at radius 3 is 2.69 bits per heavy atom. The van der Waals surface area contributed by atoms with Crippen LogP contribution in [0.2, 0.25) is 5.15 Å². The van der Waals surface area contributed by atoms with Gasteiger partial charge in [-0.1, -0.05) is 23.7 Å². The second-order valence-electron chi connectivity index (χ2n) is 3.64. The predicted octanol–water partition coefficient (Wildman–Crippen LogP) is 3.04. The van der Waals surface area contributed by atoms with Crippen molar-refractivity contribution in [2.75, 3.05) is 7.11 Å². The molecule has 4 heteroatoms. The summed E-state index contributed by atoms with van der Waals surface area (Å²) in [6, 6.07) is 5.58. The fourth-order valence-electron chi connectivity index (χ4n) is 1.95. The van der Waals surface area contributed by atoms with Crippen LogP contribution in [0.15, 0.2) is 18.2 Å². The fraction of sp³-hybridized carbons (Fsp3) is 0.250. The van der Waals surface area contributed by atoms with Crippen molar-refractivity contribution in [1.82, 2.24) is 4.57 Å². The molecule has 0 spiro atoms. The van der Waals surface area contributed by atoms with E-state index in [4.69, 9.17) is 16.3 Å². The molecule has 3 nitrogen and oxygen atoms in total. The zero-order chi connectivity index (χ0) is 11.9. The molecule has 2 rings (SSSR count). The molecule has 0 radical (unpaired) electrons. The summed E-state index contributed by atoms with van der Waals surface area (Å²) in [5.41, 5.74) is 1.40. The van der Waals surface area contributed by atoms with Crippen LogP contribution in [0.3, 0.4) is 0 Å². The molecule has 0 atom stereocenters. The highest BCUT2D eigenvalue weighted by Gasteiger charge is 2.19. The number of ether oxygens (including phenoxy) is 1. The van der Waals surface area contributed by atoms with Gasteiger partial charge in [-0.25, -0.2) is 0 Å². The molecule has 1 heterocycles. The number of nitrogens with zero attached hydrogens (tertiary/aromatic N) is 1. The van der Waals surface area contributed by atoms with Crippen LogP contribution in [0.1, 0.15) is 17.3 Å². The number of hydrogen-bond donors (Lipinski definition) is 0. The van der Waals surface area contributed by atoms with Crippen molar-refractivity contribution >= 4 is 28.3 Å². The molecule has 0 aliphatic heterocycles. The number of benzene rings is 1. The molecule has 1 aromatic carbocycles. The van der Waals surface area contributed by atoms with Gasteiger partial charge in [0, 0.05) is 12.4 Å². The number of fused-ring (bicyclic) bond motifs is 1. The van der Waals surface area contributed by atoms with E-state index in [1.807, 2.05) is 25.2 Å². The minimum Gasteiger partial charge on any atom is -0.495 e. The summed E-state index contributed by atoms with van der Waals surface area (Å²) in [5.74, 6) is 0.679. The van der Waals surface area contributed by atoms with Crippen LogP contribution in [0.25, 0.3) is 10.9 Å². The number of Topliss-reactive ketones (excluding diaryl/α,β-unsaturated/α-hetero) is 1. The Bertz CT molecular complexity index is 572. The lowest BCUT2D eigenvalue weighted by molar-refractivity contribution is 0.101. The van der Waals surface area contributed by atoms with Crippen molar-refractivity contribution in [3.63, 3.8) is 0 Å². The van der Waals surface area contributed by atoms with Crippen LogP contribution in [0, 0.1) is 0 Å². The first-order chi connectivity index (χ1) is 7.57. The molecule has 2 aromatic rings. The van der Waals surface area contributed by atoms with E-state index < -0.39 is 0 Å². The van der Waals surface area contributed by atoms with Crippen molar-refractivity contribution in [3.05, 3.63) is 28.9 Å². The Kier molecular flexibility index (Phi) is 2.64. The van der Waals surface area contributed by atoms with Crippen LogP contribution in [-0.2, 0) is 7.05 Å². The molecule has 84 valence electrons. The van der Waals surface area contributed by atoms with Gasteiger partial charge in [0.25, 0.3) is 0 Å². The Morgan fingerprint density at radius 2 is 2.12 bits per heavy atom. The van der Waals surface area contributed by atoms with E-state index in [2.05, 4.69) is 0 Å². The van der Waals surface area contributed by atoms with Crippen molar-refractivity contribution in [1.29, 1.82) is 0 Å². The van der Waals surface area contributed by atoms with Crippen LogP contribution in [0.5, 0.6) is 5.75 Å². The van der Waals surface area contributed by atoms with E-state index in [0.717, 1.165) is 16.7 Å². The average Bonchev–Trinajstić information content (AvgIpc) is 2.51. The first kappa shape index (κ1) is 11.0. The third kappa shape index (κ3) is 1.39. The first-order valence-corrected chi connectivity index (χ1v) is 5.27. The summed E-state index contributed by atoms with van der Waals surface area (Å²) in [4.78, 5) is 11.6. The van der Waals surface area contributed by atoms with Gasteiger partial charge >= 0.3 is 0 Å². The second kappa shape index (κ2) is 3.83. The monoisotopic (exact) mass is 237 g/mol. The van der Waals surface area contributed by atoms with E-state index in [0.29, 0.717) is 10.7 Å². The Morgan fingerprint density at radius 1 is 1.44 bits per heavy atom. The third-order valence-electron chi connectivity index (χ3n) is 2.68. The van der Waals surface area contributed by atoms with Gasteiger partial charge in [0.2, 0.25) is 0 Å². The third-order valence-corrected chi connectivity index (χ3v) is 3.12. The summed E-state index contributed by atoms with van der Waals surface area (Å²) >= 11 is 6.15. The number of ketones is 1. The summed E-state index contributed by atoms with van der Waals surface area (Å²) < 4.78 is 7.04. The number of methoxy groups -OCH3 is 1. The SMILES string of the molecule is COc1cccc2c(C(C)=O)c(Cl)n(C)c12. The van der Waals surface area contributed by atoms with Crippen molar-refractivity contribution < 1.29 is 9.53 Å². The smallest absolute Gasteiger partial charge is 0.163 e. The topological polar surface area (TPSA) is 31.2 Å². The minimum atomic E-state index is -0.0381.